The fourth-order valence-corrected chi connectivity index (χ4v) is 14.4. The number of aliphatic hydroxyl groups is 9. The average Bonchev–Trinajstić information content (AvgIpc) is 3.21. The highest BCUT2D eigenvalue weighted by molar-refractivity contribution is 5.79. The van der Waals surface area contributed by atoms with Crippen LogP contribution in [0.1, 0.15) is 113 Å². The quantitative estimate of drug-likeness (QED) is 0.130. The van der Waals surface area contributed by atoms with Crippen LogP contribution >= 0.6 is 0 Å². The normalized spacial score (nSPS) is 53.5. The number of ether oxygens (including phenoxy) is 6. The van der Waals surface area contributed by atoms with Gasteiger partial charge in [0.1, 0.15) is 54.9 Å². The van der Waals surface area contributed by atoms with Crippen LogP contribution in [0.25, 0.3) is 0 Å². The number of hydrogen-bond donors (Lipinski definition) is 9. The van der Waals surface area contributed by atoms with Gasteiger partial charge in [-0.25, -0.2) is 0 Å². The van der Waals surface area contributed by atoms with E-state index in [0.29, 0.717) is 24.7 Å². The maximum absolute atomic E-state index is 15.1. The van der Waals surface area contributed by atoms with Gasteiger partial charge in [-0.05, 0) is 109 Å². The molecular weight excluding hydrogens is 808 g/mol. The van der Waals surface area contributed by atoms with Crippen molar-refractivity contribution in [3.63, 3.8) is 0 Å². The zero-order valence-electron chi connectivity index (χ0n) is 37.5. The van der Waals surface area contributed by atoms with E-state index in [1.165, 1.54) is 5.57 Å². The summed E-state index contributed by atoms with van der Waals surface area (Å²) in [6.07, 6.45) is -10.8. The number of carbonyl (C=O) groups excluding carboxylic acids is 1. The second-order valence-electron chi connectivity index (χ2n) is 22.6. The van der Waals surface area contributed by atoms with Crippen LogP contribution in [0.15, 0.2) is 11.6 Å². The summed E-state index contributed by atoms with van der Waals surface area (Å²) in [7, 11) is 0. The fraction of sp³-hybridized carbons (Fsp3) is 0.935. The second kappa shape index (κ2) is 16.5. The molecule has 0 aromatic rings. The van der Waals surface area contributed by atoms with Crippen LogP contribution in [-0.2, 0) is 33.2 Å². The number of aliphatic hydroxyl groups excluding tert-OH is 9. The van der Waals surface area contributed by atoms with E-state index >= 15 is 4.79 Å². The molecule has 354 valence electrons. The third-order valence-electron chi connectivity index (χ3n) is 18.5. The van der Waals surface area contributed by atoms with Crippen LogP contribution in [0.5, 0.6) is 0 Å². The van der Waals surface area contributed by atoms with Gasteiger partial charge in [0.05, 0.1) is 31.3 Å². The van der Waals surface area contributed by atoms with E-state index in [0.717, 1.165) is 51.4 Å². The molecule has 0 aromatic carbocycles. The van der Waals surface area contributed by atoms with E-state index in [2.05, 4.69) is 54.5 Å². The maximum Gasteiger partial charge on any atom is 0.315 e. The van der Waals surface area contributed by atoms with Gasteiger partial charge in [0, 0.05) is 0 Å². The highest BCUT2D eigenvalue weighted by Crippen LogP contribution is 2.76. The van der Waals surface area contributed by atoms with E-state index in [1.807, 2.05) is 0 Å². The highest BCUT2D eigenvalue weighted by Gasteiger charge is 2.70. The topological polar surface area (TPSA) is 255 Å². The first-order chi connectivity index (χ1) is 29.0. The van der Waals surface area contributed by atoms with Crippen molar-refractivity contribution in [3.05, 3.63) is 11.6 Å². The number of allylic oxidation sites excluding steroid dienone is 2. The molecule has 21 unspecified atom stereocenters. The minimum absolute atomic E-state index is 0.0314. The average molecular weight is 883 g/mol. The van der Waals surface area contributed by atoms with Crippen molar-refractivity contribution >= 4 is 5.97 Å². The first-order valence-electron chi connectivity index (χ1n) is 23.1. The van der Waals surface area contributed by atoms with Crippen LogP contribution in [0, 0.1) is 50.2 Å². The van der Waals surface area contributed by atoms with Crippen LogP contribution < -0.4 is 0 Å². The second-order valence-corrected chi connectivity index (χ2v) is 22.6. The van der Waals surface area contributed by atoms with Crippen molar-refractivity contribution in [1.29, 1.82) is 0 Å². The van der Waals surface area contributed by atoms with E-state index in [-0.39, 0.29) is 45.7 Å². The van der Waals surface area contributed by atoms with Crippen molar-refractivity contribution in [2.45, 2.75) is 199 Å². The standard InChI is InChI=1S/C46H74O16/c1-41(2)14-16-46(17-15-44(6)22(23(46)18-41)8-9-28-43(5)12-11-29(50)42(3,4)27(43)10-13-45(28,44)7)40(56)62-39-36(31(52)25(49)21-58-39)61-38-35(30(51)24(48)20-57-38)60-37-34(55)33(54)32(53)26(19-47)59-37/h8,23-39,47-55H,9-21H2,1-7H3. The zero-order valence-corrected chi connectivity index (χ0v) is 37.5. The Kier molecular flexibility index (Phi) is 12.5. The van der Waals surface area contributed by atoms with Crippen molar-refractivity contribution < 1.29 is 79.2 Å². The Labute approximate surface area is 364 Å². The summed E-state index contributed by atoms with van der Waals surface area (Å²) < 4.78 is 35.5. The largest absolute Gasteiger partial charge is 0.432 e. The molecular formula is C46H74O16. The van der Waals surface area contributed by atoms with Gasteiger partial charge in [0.15, 0.2) is 18.7 Å². The predicted octanol–water partition coefficient (Wildman–Crippen LogP) is 1.42. The molecule has 62 heavy (non-hydrogen) atoms. The molecule has 16 heteroatoms. The molecule has 0 radical (unpaired) electrons. The van der Waals surface area contributed by atoms with Crippen molar-refractivity contribution in [1.82, 2.24) is 0 Å². The summed E-state index contributed by atoms with van der Waals surface area (Å²) in [6.45, 7) is 14.8. The number of carbonyl (C=O) groups is 1. The van der Waals surface area contributed by atoms with Gasteiger partial charge in [-0.15, -0.1) is 0 Å². The number of rotatable bonds is 7. The van der Waals surface area contributed by atoms with Gasteiger partial charge < -0.3 is 74.4 Å². The molecule has 21 atom stereocenters. The molecule has 9 N–H and O–H groups in total. The predicted molar refractivity (Wildman–Crippen MR) is 218 cm³/mol. The molecule has 0 aromatic heterocycles. The SMILES string of the molecule is CC1(C)CCC2(C(=O)OC3OCC(O)C(O)C3OC3OCC(O)C(O)C3OC3OC(CO)C(O)C(O)C3O)CCC3(C)C(=CCC4C5(C)CCC(O)C(C)(C)C5CCC43C)C2C1. The van der Waals surface area contributed by atoms with Crippen LogP contribution in [0.4, 0.5) is 0 Å². The Morgan fingerprint density at radius 1 is 0.694 bits per heavy atom. The number of hydrogen-bond acceptors (Lipinski definition) is 16. The Bertz CT molecular complexity index is 1690. The van der Waals surface area contributed by atoms with Crippen LogP contribution in [-0.4, -0.2) is 158 Å². The molecule has 3 aliphatic heterocycles. The van der Waals surface area contributed by atoms with Crippen molar-refractivity contribution in [3.8, 4) is 0 Å². The van der Waals surface area contributed by atoms with Crippen molar-refractivity contribution in [2.24, 2.45) is 50.2 Å². The van der Waals surface area contributed by atoms with Gasteiger partial charge in [-0.1, -0.05) is 60.1 Å². The summed E-state index contributed by atoms with van der Waals surface area (Å²) in [5.74, 6) is 0.215. The number of fused-ring (bicyclic) bond motifs is 7. The summed E-state index contributed by atoms with van der Waals surface area (Å²) in [6, 6.07) is 0. The van der Waals surface area contributed by atoms with Crippen LogP contribution in [0.2, 0.25) is 0 Å². The molecule has 0 bridgehead atoms. The lowest BCUT2D eigenvalue weighted by Crippen LogP contribution is -2.65. The summed E-state index contributed by atoms with van der Waals surface area (Å²) in [5, 5.41) is 96.1. The molecule has 5 aliphatic carbocycles. The van der Waals surface area contributed by atoms with Crippen molar-refractivity contribution in [2.75, 3.05) is 19.8 Å². The summed E-state index contributed by atoms with van der Waals surface area (Å²) in [4.78, 5) is 15.1. The maximum atomic E-state index is 15.1. The molecule has 3 saturated heterocycles. The summed E-state index contributed by atoms with van der Waals surface area (Å²) >= 11 is 0. The molecule has 4 saturated carbocycles. The number of esters is 1. The monoisotopic (exact) mass is 882 g/mol. The van der Waals surface area contributed by atoms with Gasteiger partial charge in [-0.3, -0.25) is 4.79 Å². The van der Waals surface area contributed by atoms with Crippen LogP contribution in [0.3, 0.4) is 0 Å². The lowest BCUT2D eigenvalue weighted by atomic mass is 9.33. The molecule has 0 amide bonds. The van der Waals surface area contributed by atoms with Gasteiger partial charge in [-0.2, -0.15) is 0 Å². The van der Waals surface area contributed by atoms with E-state index in [9.17, 15) is 46.0 Å². The molecule has 0 spiro atoms. The fourth-order valence-electron chi connectivity index (χ4n) is 14.4. The van der Waals surface area contributed by atoms with Gasteiger partial charge in [0.25, 0.3) is 0 Å². The Morgan fingerprint density at radius 2 is 1.31 bits per heavy atom. The summed E-state index contributed by atoms with van der Waals surface area (Å²) in [5.41, 5.74) is 0.0446. The third-order valence-corrected chi connectivity index (χ3v) is 18.5. The van der Waals surface area contributed by atoms with Gasteiger partial charge >= 0.3 is 5.97 Å². The first-order valence-corrected chi connectivity index (χ1v) is 23.1. The highest BCUT2D eigenvalue weighted by atomic mass is 16.8. The van der Waals surface area contributed by atoms with E-state index < -0.39 is 105 Å². The lowest BCUT2D eigenvalue weighted by molar-refractivity contribution is -0.377. The molecule has 3 heterocycles. The molecule has 8 aliphatic rings. The Morgan fingerprint density at radius 3 is 1.97 bits per heavy atom. The lowest BCUT2D eigenvalue weighted by Gasteiger charge is -2.71. The van der Waals surface area contributed by atoms with E-state index in [4.69, 9.17) is 28.4 Å². The molecule has 16 nitrogen and oxygen atoms in total. The Balaban J connectivity index is 1.06. The smallest absolute Gasteiger partial charge is 0.315 e. The third kappa shape index (κ3) is 7.28. The molecule has 7 fully saturated rings. The minimum Gasteiger partial charge on any atom is -0.432 e. The van der Waals surface area contributed by atoms with Gasteiger partial charge in [0.2, 0.25) is 6.29 Å². The zero-order chi connectivity index (χ0) is 45.1. The Hall–Kier alpha value is -1.35. The van der Waals surface area contributed by atoms with E-state index in [1.54, 1.807) is 0 Å². The minimum atomic E-state index is -1.86. The first kappa shape index (κ1) is 47.2. The molecule has 8 rings (SSSR count).